The van der Waals surface area contributed by atoms with Crippen molar-refractivity contribution in [2.75, 3.05) is 13.7 Å². The Morgan fingerprint density at radius 1 is 1.04 bits per heavy atom. The number of methoxy groups -OCH3 is 1. The molecule has 0 aromatic heterocycles. The van der Waals surface area contributed by atoms with Crippen LogP contribution in [0.1, 0.15) is 11.1 Å². The molecule has 2 aromatic carbocycles. The number of amides is 2. The molecule has 2 aromatic rings. The number of hydrogen-bond acceptors (Lipinski definition) is 5. The van der Waals surface area contributed by atoms with Crippen LogP contribution in [0.5, 0.6) is 0 Å². The maximum Gasteiger partial charge on any atom is 0.407 e. The highest BCUT2D eigenvalue weighted by atomic mass is 79.9. The summed E-state index contributed by atoms with van der Waals surface area (Å²) in [6.45, 7) is -0.221. The lowest BCUT2D eigenvalue weighted by atomic mass is 10.1. The van der Waals surface area contributed by atoms with E-state index < -0.39 is 24.0 Å². The Bertz CT molecular complexity index is 813. The van der Waals surface area contributed by atoms with Crippen LogP contribution in [-0.2, 0) is 32.1 Å². The fraction of sp³-hybridized carbons (Fsp3) is 0.250. The van der Waals surface area contributed by atoms with E-state index in [9.17, 15) is 14.4 Å². The highest BCUT2D eigenvalue weighted by Crippen LogP contribution is 2.13. The SMILES string of the molecule is COC(=O)[C@H](Cc1cccc(Br)c1)NC(=O)CNC(=O)OCc1ccccc1. The lowest BCUT2D eigenvalue weighted by Crippen LogP contribution is -2.47. The van der Waals surface area contributed by atoms with E-state index in [0.717, 1.165) is 15.6 Å². The lowest BCUT2D eigenvalue weighted by molar-refractivity contribution is -0.144. The Hall–Kier alpha value is -2.87. The molecular formula is C20H21BrN2O5. The van der Waals surface area contributed by atoms with Crippen LogP contribution in [-0.4, -0.2) is 37.7 Å². The van der Waals surface area contributed by atoms with Crippen molar-refractivity contribution in [1.29, 1.82) is 0 Å². The standard InChI is InChI=1S/C20H21BrN2O5/c1-27-19(25)17(11-15-8-5-9-16(21)10-15)23-18(24)12-22-20(26)28-13-14-6-3-2-4-7-14/h2-10,17H,11-13H2,1H3,(H,22,26)(H,23,24)/t17-/m0/s1. The number of alkyl carbamates (subject to hydrolysis) is 1. The molecule has 0 aliphatic heterocycles. The van der Waals surface area contributed by atoms with E-state index in [2.05, 4.69) is 26.6 Å². The van der Waals surface area contributed by atoms with Gasteiger partial charge in [0.05, 0.1) is 7.11 Å². The quantitative estimate of drug-likeness (QED) is 0.605. The summed E-state index contributed by atoms with van der Waals surface area (Å²) in [5.74, 6) is -1.10. The molecule has 7 nitrogen and oxygen atoms in total. The van der Waals surface area contributed by atoms with Crippen LogP contribution in [0, 0.1) is 0 Å². The molecule has 0 unspecified atom stereocenters. The second-order valence-corrected chi connectivity index (χ2v) is 6.81. The predicted molar refractivity (Wildman–Crippen MR) is 106 cm³/mol. The molecule has 0 spiro atoms. The first-order chi connectivity index (χ1) is 13.5. The molecule has 0 saturated carbocycles. The summed E-state index contributed by atoms with van der Waals surface area (Å²) < 4.78 is 10.6. The molecule has 1 atom stereocenters. The molecule has 0 aliphatic rings. The van der Waals surface area contributed by atoms with Crippen molar-refractivity contribution in [3.05, 3.63) is 70.2 Å². The van der Waals surface area contributed by atoms with E-state index in [-0.39, 0.29) is 19.6 Å². The minimum absolute atomic E-state index is 0.0992. The summed E-state index contributed by atoms with van der Waals surface area (Å²) in [7, 11) is 1.25. The second kappa shape index (κ2) is 11.1. The Balaban J connectivity index is 1.82. The predicted octanol–water partition coefficient (Wildman–Crippen LogP) is 2.58. The number of halogens is 1. The fourth-order valence-corrected chi connectivity index (χ4v) is 2.85. The second-order valence-electron chi connectivity index (χ2n) is 5.89. The van der Waals surface area contributed by atoms with Gasteiger partial charge in [-0.15, -0.1) is 0 Å². The number of esters is 1. The summed E-state index contributed by atoms with van der Waals surface area (Å²) in [5.41, 5.74) is 1.68. The molecule has 0 aliphatic carbocycles. The number of rotatable bonds is 8. The van der Waals surface area contributed by atoms with Crippen molar-refractivity contribution in [3.8, 4) is 0 Å². The largest absolute Gasteiger partial charge is 0.467 e. The van der Waals surface area contributed by atoms with Crippen LogP contribution in [0.25, 0.3) is 0 Å². The minimum atomic E-state index is -0.867. The van der Waals surface area contributed by atoms with Gasteiger partial charge in [-0.2, -0.15) is 0 Å². The topological polar surface area (TPSA) is 93.7 Å². The Labute approximate surface area is 171 Å². The lowest BCUT2D eigenvalue weighted by Gasteiger charge is -2.17. The van der Waals surface area contributed by atoms with Gasteiger partial charge >= 0.3 is 12.1 Å². The summed E-state index contributed by atoms with van der Waals surface area (Å²) in [6.07, 6.45) is -0.461. The third kappa shape index (κ3) is 7.40. The molecule has 148 valence electrons. The van der Waals surface area contributed by atoms with Gasteiger partial charge in [0.25, 0.3) is 0 Å². The molecule has 0 radical (unpaired) electrons. The fourth-order valence-electron chi connectivity index (χ4n) is 2.41. The Kier molecular flexibility index (Phi) is 8.48. The number of benzene rings is 2. The third-order valence-corrected chi connectivity index (χ3v) is 4.25. The molecular weight excluding hydrogens is 428 g/mol. The van der Waals surface area contributed by atoms with E-state index in [1.807, 2.05) is 54.6 Å². The molecule has 28 heavy (non-hydrogen) atoms. The number of carbonyl (C=O) groups is 3. The first-order valence-electron chi connectivity index (χ1n) is 8.54. The van der Waals surface area contributed by atoms with Crippen LogP contribution < -0.4 is 10.6 Å². The minimum Gasteiger partial charge on any atom is -0.467 e. The van der Waals surface area contributed by atoms with Gasteiger partial charge in [0, 0.05) is 10.9 Å². The summed E-state index contributed by atoms with van der Waals surface area (Å²) >= 11 is 3.36. The van der Waals surface area contributed by atoms with Crippen molar-refractivity contribution in [2.45, 2.75) is 19.1 Å². The van der Waals surface area contributed by atoms with Gasteiger partial charge in [-0.25, -0.2) is 9.59 Å². The van der Waals surface area contributed by atoms with Crippen molar-refractivity contribution in [3.63, 3.8) is 0 Å². The smallest absolute Gasteiger partial charge is 0.407 e. The molecule has 0 saturated heterocycles. The number of hydrogen-bond donors (Lipinski definition) is 2. The maximum atomic E-state index is 12.1. The zero-order chi connectivity index (χ0) is 20.4. The van der Waals surface area contributed by atoms with Crippen molar-refractivity contribution >= 4 is 33.9 Å². The van der Waals surface area contributed by atoms with Crippen LogP contribution in [0.15, 0.2) is 59.1 Å². The molecule has 0 fully saturated rings. The molecule has 0 heterocycles. The monoisotopic (exact) mass is 448 g/mol. The normalized spacial score (nSPS) is 11.2. The van der Waals surface area contributed by atoms with Crippen LogP contribution in [0.2, 0.25) is 0 Å². The van der Waals surface area contributed by atoms with Gasteiger partial charge in [-0.1, -0.05) is 58.4 Å². The first kappa shape index (κ1) is 21.4. The number of carbonyl (C=O) groups excluding carboxylic acids is 3. The number of ether oxygens (including phenoxy) is 2. The Morgan fingerprint density at radius 2 is 1.75 bits per heavy atom. The van der Waals surface area contributed by atoms with E-state index in [1.54, 1.807) is 0 Å². The van der Waals surface area contributed by atoms with Gasteiger partial charge in [-0.05, 0) is 23.3 Å². The molecule has 2 amide bonds. The van der Waals surface area contributed by atoms with Crippen molar-refractivity contribution in [2.24, 2.45) is 0 Å². The van der Waals surface area contributed by atoms with Crippen LogP contribution in [0.3, 0.4) is 0 Å². The van der Waals surface area contributed by atoms with E-state index in [1.165, 1.54) is 7.11 Å². The van der Waals surface area contributed by atoms with E-state index in [0.29, 0.717) is 0 Å². The Morgan fingerprint density at radius 3 is 2.43 bits per heavy atom. The van der Waals surface area contributed by atoms with Crippen LogP contribution >= 0.6 is 15.9 Å². The van der Waals surface area contributed by atoms with Gasteiger partial charge in [0.2, 0.25) is 5.91 Å². The van der Waals surface area contributed by atoms with Crippen LogP contribution in [0.4, 0.5) is 4.79 Å². The van der Waals surface area contributed by atoms with Crippen molar-refractivity contribution < 1.29 is 23.9 Å². The average Bonchev–Trinajstić information content (AvgIpc) is 2.70. The summed E-state index contributed by atoms with van der Waals surface area (Å²) in [4.78, 5) is 35.8. The van der Waals surface area contributed by atoms with Gasteiger partial charge < -0.3 is 20.1 Å². The first-order valence-corrected chi connectivity index (χ1v) is 9.33. The van der Waals surface area contributed by atoms with Gasteiger partial charge in [0.1, 0.15) is 19.2 Å². The summed E-state index contributed by atoms with van der Waals surface area (Å²) in [5, 5.41) is 4.92. The van der Waals surface area contributed by atoms with E-state index >= 15 is 0 Å². The zero-order valence-corrected chi connectivity index (χ0v) is 16.9. The molecule has 0 bridgehead atoms. The summed E-state index contributed by atoms with van der Waals surface area (Å²) in [6, 6.07) is 15.7. The van der Waals surface area contributed by atoms with Gasteiger partial charge in [0.15, 0.2) is 0 Å². The molecule has 2 N–H and O–H groups in total. The van der Waals surface area contributed by atoms with E-state index in [4.69, 9.17) is 9.47 Å². The highest BCUT2D eigenvalue weighted by molar-refractivity contribution is 9.10. The zero-order valence-electron chi connectivity index (χ0n) is 15.3. The highest BCUT2D eigenvalue weighted by Gasteiger charge is 2.22. The maximum absolute atomic E-state index is 12.1. The average molecular weight is 449 g/mol. The van der Waals surface area contributed by atoms with Gasteiger partial charge in [-0.3, -0.25) is 4.79 Å². The molecule has 2 rings (SSSR count). The number of nitrogens with one attached hydrogen (secondary N) is 2. The van der Waals surface area contributed by atoms with Crippen molar-refractivity contribution in [1.82, 2.24) is 10.6 Å². The third-order valence-electron chi connectivity index (χ3n) is 3.76. The molecule has 8 heteroatoms.